The Morgan fingerprint density at radius 1 is 1.85 bits per heavy atom. The molecular formula is C7H7BN3O2. The smallest absolute Gasteiger partial charge is 0.344 e. The van der Waals surface area contributed by atoms with Gasteiger partial charge in [-0.3, -0.25) is 4.68 Å². The van der Waals surface area contributed by atoms with Crippen LogP contribution in [0.3, 0.4) is 0 Å². The number of rotatable bonds is 4. The summed E-state index contributed by atoms with van der Waals surface area (Å²) in [4.78, 5) is 9.99. The van der Waals surface area contributed by atoms with Crippen LogP contribution in [0.2, 0.25) is 0 Å². The van der Waals surface area contributed by atoms with Gasteiger partial charge in [0.2, 0.25) is 0 Å². The molecular weight excluding hydrogens is 169 g/mol. The maximum Gasteiger partial charge on any atom is 0.344 e. The van der Waals surface area contributed by atoms with Crippen molar-refractivity contribution in [1.29, 1.82) is 5.26 Å². The first-order chi connectivity index (χ1) is 6.31. The maximum absolute atomic E-state index is 9.99. The highest BCUT2D eigenvalue weighted by Crippen LogP contribution is 2.05. The summed E-state index contributed by atoms with van der Waals surface area (Å²) < 4.78 is 1.36. The summed E-state index contributed by atoms with van der Waals surface area (Å²) in [6.07, 6.45) is 2.11. The summed E-state index contributed by atoms with van der Waals surface area (Å²) in [5.41, 5.74) is 0.950. The second-order valence-electron chi connectivity index (χ2n) is 2.31. The van der Waals surface area contributed by atoms with Crippen LogP contribution in [0.15, 0.2) is 12.3 Å². The quantitative estimate of drug-likeness (QED) is 0.465. The topological polar surface area (TPSA) is 78.0 Å². The lowest BCUT2D eigenvalue weighted by Gasteiger charge is -2.02. The molecule has 65 valence electrons. The molecule has 6 heteroatoms. The predicted octanol–water partition coefficient (Wildman–Crippen LogP) is -0.795. The maximum atomic E-state index is 9.99. The minimum absolute atomic E-state index is 0.134. The van der Waals surface area contributed by atoms with Crippen molar-refractivity contribution in [2.24, 2.45) is 0 Å². The monoisotopic (exact) mass is 176 g/mol. The fraction of sp³-hybridized carbons (Fsp3) is 0.143. The van der Waals surface area contributed by atoms with Crippen molar-refractivity contribution in [3.8, 4) is 6.07 Å². The van der Waals surface area contributed by atoms with Crippen LogP contribution >= 0.6 is 0 Å². The summed E-state index contributed by atoms with van der Waals surface area (Å²) in [7, 11) is 1.15. The lowest BCUT2D eigenvalue weighted by atomic mass is 10.0. The molecule has 0 saturated heterocycles. The minimum Gasteiger partial charge on any atom is -0.392 e. The third kappa shape index (κ3) is 2.10. The van der Waals surface area contributed by atoms with E-state index in [2.05, 4.69) is 5.34 Å². The van der Waals surface area contributed by atoms with Gasteiger partial charge in [0.15, 0.2) is 0 Å². The van der Waals surface area contributed by atoms with Gasteiger partial charge in [-0.2, -0.15) is 5.26 Å². The van der Waals surface area contributed by atoms with Gasteiger partial charge in [0.25, 0.3) is 0 Å². The number of aliphatic hydroxyl groups excluding tert-OH is 1. The first kappa shape index (κ1) is 9.35. The Morgan fingerprint density at radius 3 is 3.15 bits per heavy atom. The number of nitriles is 1. The molecule has 0 bridgehead atoms. The summed E-state index contributed by atoms with van der Waals surface area (Å²) in [5, 5.41) is 20.0. The lowest BCUT2D eigenvalue weighted by molar-refractivity contribution is 0.282. The van der Waals surface area contributed by atoms with E-state index < -0.39 is 0 Å². The first-order valence-corrected chi connectivity index (χ1v) is 3.57. The number of hydrogen-bond donors (Lipinski definition) is 2. The van der Waals surface area contributed by atoms with Gasteiger partial charge in [0.1, 0.15) is 17.9 Å². The van der Waals surface area contributed by atoms with Crippen molar-refractivity contribution in [2.75, 3.05) is 5.34 Å². The van der Waals surface area contributed by atoms with Crippen LogP contribution in [0.25, 0.3) is 0 Å². The van der Waals surface area contributed by atoms with Crippen molar-refractivity contribution in [3.63, 3.8) is 0 Å². The number of nitrogens with one attached hydrogen (secondary N) is 1. The molecule has 0 aromatic carbocycles. The second kappa shape index (κ2) is 4.33. The van der Waals surface area contributed by atoms with Gasteiger partial charge in [-0.15, -0.1) is 0 Å². The van der Waals surface area contributed by atoms with E-state index in [0.29, 0.717) is 17.4 Å². The Bertz CT molecular complexity index is 342. The number of nitrogens with zero attached hydrogens (tertiary/aromatic N) is 2. The van der Waals surface area contributed by atoms with E-state index in [-0.39, 0.29) is 6.61 Å². The molecule has 0 unspecified atom stereocenters. The van der Waals surface area contributed by atoms with Crippen LogP contribution in [-0.2, 0) is 11.4 Å². The van der Waals surface area contributed by atoms with Gasteiger partial charge in [-0.1, -0.05) is 0 Å². The van der Waals surface area contributed by atoms with Gasteiger partial charge in [0.05, 0.1) is 6.61 Å². The molecule has 1 rings (SSSR count). The molecule has 1 heterocycles. The molecule has 0 aliphatic rings. The van der Waals surface area contributed by atoms with Crippen LogP contribution < -0.4 is 5.34 Å². The van der Waals surface area contributed by atoms with E-state index in [1.807, 2.05) is 6.07 Å². The normalized spacial score (nSPS) is 8.92. The Kier molecular flexibility index (Phi) is 3.12. The van der Waals surface area contributed by atoms with Crippen molar-refractivity contribution < 1.29 is 9.90 Å². The number of aromatic nitrogens is 1. The average Bonchev–Trinajstić information content (AvgIpc) is 2.57. The fourth-order valence-electron chi connectivity index (χ4n) is 0.908. The largest absolute Gasteiger partial charge is 0.392 e. The van der Waals surface area contributed by atoms with Crippen LogP contribution in [-0.4, -0.2) is 23.4 Å². The number of carbonyl (C=O) groups is 1. The molecule has 0 saturated carbocycles. The van der Waals surface area contributed by atoms with Crippen molar-refractivity contribution in [2.45, 2.75) is 6.61 Å². The Balaban J connectivity index is 2.85. The number of hydrogen-bond acceptors (Lipinski definition) is 4. The van der Waals surface area contributed by atoms with E-state index >= 15 is 0 Å². The lowest BCUT2D eigenvalue weighted by Crippen LogP contribution is -2.20. The molecule has 2 N–H and O–H groups in total. The molecule has 0 aliphatic carbocycles. The van der Waals surface area contributed by atoms with E-state index in [1.165, 1.54) is 10.7 Å². The van der Waals surface area contributed by atoms with E-state index in [0.717, 1.165) is 7.41 Å². The van der Waals surface area contributed by atoms with Crippen LogP contribution in [0.1, 0.15) is 11.3 Å². The standard InChI is InChI=1S/C7H7BN3O2/c9-2-7-1-6(4-12)3-11(7)10-8-5-13/h1,3,5,10,12H,4H2. The zero-order chi connectivity index (χ0) is 9.68. The zero-order valence-corrected chi connectivity index (χ0v) is 6.77. The average molecular weight is 176 g/mol. The molecule has 13 heavy (non-hydrogen) atoms. The summed E-state index contributed by atoms with van der Waals surface area (Å²) in [6.45, 7) is -0.134. The summed E-state index contributed by atoms with van der Waals surface area (Å²) >= 11 is 0. The van der Waals surface area contributed by atoms with Gasteiger partial charge < -0.3 is 15.2 Å². The molecule has 0 fully saturated rings. The SMILES string of the molecule is N#Cc1cc(CO)cn1N[B]C=O. The summed E-state index contributed by atoms with van der Waals surface area (Å²) in [5.74, 6) is 0. The molecule has 5 nitrogen and oxygen atoms in total. The predicted molar refractivity (Wildman–Crippen MR) is 46.9 cm³/mol. The van der Waals surface area contributed by atoms with Gasteiger partial charge in [-0.05, 0) is 11.6 Å². The molecule has 0 amide bonds. The van der Waals surface area contributed by atoms with Crippen molar-refractivity contribution in [1.82, 2.24) is 4.68 Å². The fourth-order valence-corrected chi connectivity index (χ4v) is 0.908. The number of aliphatic hydroxyl groups is 1. The third-order valence-corrected chi connectivity index (χ3v) is 1.46. The molecule has 1 radical (unpaired) electrons. The van der Waals surface area contributed by atoms with Crippen LogP contribution in [0.4, 0.5) is 0 Å². The van der Waals surface area contributed by atoms with Gasteiger partial charge in [-0.25, -0.2) is 0 Å². The Hall–Kier alpha value is -1.74. The highest BCUT2D eigenvalue weighted by Gasteiger charge is 2.03. The Labute approximate surface area is 75.8 Å². The molecule has 0 atom stereocenters. The highest BCUT2D eigenvalue weighted by atomic mass is 16.3. The van der Waals surface area contributed by atoms with E-state index in [1.54, 1.807) is 6.20 Å². The second-order valence-corrected chi connectivity index (χ2v) is 2.31. The number of carbonyl (C=O) groups excluding carboxylic acids is 1. The zero-order valence-electron chi connectivity index (χ0n) is 6.77. The van der Waals surface area contributed by atoms with Crippen molar-refractivity contribution in [3.05, 3.63) is 23.5 Å². The van der Waals surface area contributed by atoms with Crippen LogP contribution in [0.5, 0.6) is 0 Å². The highest BCUT2D eigenvalue weighted by molar-refractivity contribution is 6.68. The first-order valence-electron chi connectivity index (χ1n) is 3.57. The molecule has 1 aromatic rings. The summed E-state index contributed by atoms with van der Waals surface area (Å²) in [6, 6.07) is 3.45. The van der Waals surface area contributed by atoms with Crippen LogP contribution in [0, 0.1) is 11.3 Å². The van der Waals surface area contributed by atoms with Crippen molar-refractivity contribution >= 4 is 13.6 Å². The van der Waals surface area contributed by atoms with Gasteiger partial charge in [0, 0.05) is 6.20 Å². The molecule has 0 spiro atoms. The third-order valence-electron chi connectivity index (χ3n) is 1.46. The minimum atomic E-state index is -0.134. The molecule has 1 aromatic heterocycles. The van der Waals surface area contributed by atoms with E-state index in [4.69, 9.17) is 10.4 Å². The molecule has 0 aliphatic heterocycles. The van der Waals surface area contributed by atoms with E-state index in [9.17, 15) is 4.79 Å². The Morgan fingerprint density at radius 2 is 2.62 bits per heavy atom. The van der Waals surface area contributed by atoms with Gasteiger partial charge >= 0.3 is 7.41 Å².